The number of carbonyl (C=O) groups is 1. The number of rotatable bonds is 4. The van der Waals surface area contributed by atoms with Crippen molar-refractivity contribution in [3.63, 3.8) is 0 Å². The van der Waals surface area contributed by atoms with Crippen LogP contribution in [0.3, 0.4) is 0 Å². The third-order valence-electron chi connectivity index (χ3n) is 6.85. The normalized spacial score (nSPS) is 30.8. The van der Waals surface area contributed by atoms with E-state index < -0.39 is 25.3 Å². The molecule has 1 N–H and O–H groups in total. The number of allylic oxidation sites excluding steroid dienone is 1. The standard InChI is InChI=1S/C20H34O4Si/c1-14-9-10-20(13-24-25(7,8)18(3,4)5)15(2)16(17(21)22)12-23-19(20,6)11-14/h11H,9-10,12-13H2,1-8H3,(H,21,22)/t19-,20+/m1/s1. The van der Waals surface area contributed by atoms with Crippen LogP contribution in [-0.2, 0) is 14.0 Å². The lowest BCUT2D eigenvalue weighted by molar-refractivity contribution is -0.139. The average Bonchev–Trinajstić information content (AvgIpc) is 2.44. The van der Waals surface area contributed by atoms with Crippen molar-refractivity contribution in [2.45, 2.75) is 78.1 Å². The van der Waals surface area contributed by atoms with E-state index in [0.717, 1.165) is 18.4 Å². The highest BCUT2D eigenvalue weighted by atomic mass is 28.4. The molecule has 0 unspecified atom stereocenters. The van der Waals surface area contributed by atoms with Crippen molar-refractivity contribution in [2.75, 3.05) is 13.2 Å². The highest BCUT2D eigenvalue weighted by Gasteiger charge is 2.55. The van der Waals surface area contributed by atoms with Crippen molar-refractivity contribution in [1.82, 2.24) is 0 Å². The van der Waals surface area contributed by atoms with Crippen LogP contribution in [-0.4, -0.2) is 38.2 Å². The number of carboxylic acid groups (broad SMARTS) is 1. The third-order valence-corrected chi connectivity index (χ3v) is 11.3. The van der Waals surface area contributed by atoms with Crippen molar-refractivity contribution >= 4 is 14.3 Å². The van der Waals surface area contributed by atoms with Crippen LogP contribution >= 0.6 is 0 Å². The van der Waals surface area contributed by atoms with Crippen LogP contribution in [0.2, 0.25) is 18.1 Å². The molecule has 0 spiro atoms. The third kappa shape index (κ3) is 3.38. The molecule has 0 amide bonds. The second kappa shape index (κ2) is 6.36. The smallest absolute Gasteiger partial charge is 0.333 e. The van der Waals surface area contributed by atoms with Gasteiger partial charge in [-0.3, -0.25) is 0 Å². The molecule has 0 fully saturated rings. The van der Waals surface area contributed by atoms with Gasteiger partial charge in [-0.25, -0.2) is 4.79 Å². The molecule has 25 heavy (non-hydrogen) atoms. The molecule has 2 atom stereocenters. The van der Waals surface area contributed by atoms with Crippen molar-refractivity contribution in [3.05, 3.63) is 22.8 Å². The molecular weight excluding hydrogens is 332 g/mol. The van der Waals surface area contributed by atoms with Crippen LogP contribution in [0.15, 0.2) is 22.8 Å². The number of hydrogen-bond acceptors (Lipinski definition) is 3. The Labute approximate surface area is 153 Å². The summed E-state index contributed by atoms with van der Waals surface area (Å²) in [5.74, 6) is -0.877. The minimum Gasteiger partial charge on any atom is -0.478 e. The van der Waals surface area contributed by atoms with Crippen molar-refractivity contribution in [2.24, 2.45) is 5.41 Å². The quantitative estimate of drug-likeness (QED) is 0.566. The minimum atomic E-state index is -1.95. The topological polar surface area (TPSA) is 55.8 Å². The first kappa shape index (κ1) is 20.4. The molecule has 0 aromatic rings. The Morgan fingerprint density at radius 1 is 1.36 bits per heavy atom. The van der Waals surface area contributed by atoms with Crippen LogP contribution in [0.1, 0.15) is 54.4 Å². The Morgan fingerprint density at radius 3 is 2.48 bits per heavy atom. The molecular formula is C20H34O4Si. The van der Waals surface area contributed by atoms with Crippen LogP contribution in [0.25, 0.3) is 0 Å². The van der Waals surface area contributed by atoms with Gasteiger partial charge in [-0.2, -0.15) is 0 Å². The summed E-state index contributed by atoms with van der Waals surface area (Å²) < 4.78 is 12.8. The van der Waals surface area contributed by atoms with E-state index in [4.69, 9.17) is 9.16 Å². The first-order chi connectivity index (χ1) is 11.3. The van der Waals surface area contributed by atoms with Gasteiger partial charge in [-0.1, -0.05) is 32.4 Å². The van der Waals surface area contributed by atoms with E-state index >= 15 is 0 Å². The molecule has 1 aliphatic heterocycles. The number of aliphatic carboxylic acids is 1. The summed E-state index contributed by atoms with van der Waals surface area (Å²) in [6.45, 7) is 18.0. The molecule has 0 saturated carbocycles. The first-order valence-corrected chi connectivity index (χ1v) is 12.1. The summed E-state index contributed by atoms with van der Waals surface area (Å²) in [5, 5.41) is 9.74. The van der Waals surface area contributed by atoms with Crippen LogP contribution in [0, 0.1) is 5.41 Å². The summed E-state index contributed by atoms with van der Waals surface area (Å²) in [5.41, 5.74) is 1.70. The lowest BCUT2D eigenvalue weighted by atomic mass is 9.60. The van der Waals surface area contributed by atoms with Gasteiger partial charge >= 0.3 is 5.97 Å². The molecule has 4 nitrogen and oxygen atoms in total. The van der Waals surface area contributed by atoms with E-state index in [-0.39, 0.29) is 11.6 Å². The molecule has 5 heteroatoms. The first-order valence-electron chi connectivity index (χ1n) is 9.15. The minimum absolute atomic E-state index is 0.114. The molecule has 0 aromatic carbocycles. The largest absolute Gasteiger partial charge is 0.478 e. The summed E-state index contributed by atoms with van der Waals surface area (Å²) in [7, 11) is -1.95. The van der Waals surface area contributed by atoms with Crippen molar-refractivity contribution < 1.29 is 19.1 Å². The molecule has 0 bridgehead atoms. The summed E-state index contributed by atoms with van der Waals surface area (Å²) >= 11 is 0. The van der Waals surface area contributed by atoms with Gasteiger partial charge in [0.15, 0.2) is 8.32 Å². The van der Waals surface area contributed by atoms with Gasteiger partial charge in [0.25, 0.3) is 0 Å². The maximum atomic E-state index is 11.7. The van der Waals surface area contributed by atoms with Gasteiger partial charge in [0.1, 0.15) is 0 Å². The zero-order valence-corrected chi connectivity index (χ0v) is 18.1. The van der Waals surface area contributed by atoms with Gasteiger partial charge in [-0.05, 0) is 57.3 Å². The number of carboxylic acids is 1. The Bertz CT molecular complexity index is 626. The highest BCUT2D eigenvalue weighted by Crippen LogP contribution is 2.54. The van der Waals surface area contributed by atoms with E-state index in [9.17, 15) is 9.90 Å². The van der Waals surface area contributed by atoms with Crippen LogP contribution < -0.4 is 0 Å². The predicted molar refractivity (Wildman–Crippen MR) is 103 cm³/mol. The van der Waals surface area contributed by atoms with Gasteiger partial charge in [0.2, 0.25) is 0 Å². The highest BCUT2D eigenvalue weighted by molar-refractivity contribution is 6.74. The Kier molecular flexibility index (Phi) is 5.19. The monoisotopic (exact) mass is 366 g/mol. The molecule has 142 valence electrons. The van der Waals surface area contributed by atoms with E-state index in [1.165, 1.54) is 5.57 Å². The van der Waals surface area contributed by atoms with Gasteiger partial charge in [0.05, 0.1) is 17.8 Å². The Morgan fingerprint density at radius 2 is 1.96 bits per heavy atom. The van der Waals surface area contributed by atoms with E-state index in [0.29, 0.717) is 12.2 Å². The number of fused-ring (bicyclic) bond motifs is 1. The Hall–Kier alpha value is -0.913. The summed E-state index contributed by atoms with van der Waals surface area (Å²) in [6, 6.07) is 0. The second-order valence-electron chi connectivity index (χ2n) is 9.43. The number of ether oxygens (including phenoxy) is 1. The zero-order valence-electron chi connectivity index (χ0n) is 17.1. The van der Waals surface area contributed by atoms with Crippen molar-refractivity contribution in [3.8, 4) is 0 Å². The Balaban J connectivity index is 2.49. The fourth-order valence-corrected chi connectivity index (χ4v) is 4.80. The maximum Gasteiger partial charge on any atom is 0.333 e. The second-order valence-corrected chi connectivity index (χ2v) is 14.2. The molecule has 0 saturated heterocycles. The van der Waals surface area contributed by atoms with E-state index in [1.807, 2.05) is 6.92 Å². The fraction of sp³-hybridized carbons (Fsp3) is 0.750. The van der Waals surface area contributed by atoms with Gasteiger partial charge in [-0.15, -0.1) is 0 Å². The molecule has 2 aliphatic rings. The molecule has 1 heterocycles. The average molecular weight is 367 g/mol. The van der Waals surface area contributed by atoms with E-state index in [2.05, 4.69) is 53.8 Å². The lowest BCUT2D eigenvalue weighted by Crippen LogP contribution is -2.57. The predicted octanol–water partition coefficient (Wildman–Crippen LogP) is 4.92. The fourth-order valence-electron chi connectivity index (χ4n) is 3.76. The van der Waals surface area contributed by atoms with E-state index in [1.54, 1.807) is 0 Å². The molecule has 0 radical (unpaired) electrons. The maximum absolute atomic E-state index is 11.7. The van der Waals surface area contributed by atoms with Gasteiger partial charge in [0, 0.05) is 12.0 Å². The summed E-state index contributed by atoms with van der Waals surface area (Å²) in [6.07, 6.45) is 4.00. The molecule has 0 aromatic heterocycles. The molecule has 2 rings (SSSR count). The van der Waals surface area contributed by atoms with Gasteiger partial charge < -0.3 is 14.3 Å². The summed E-state index contributed by atoms with van der Waals surface area (Å²) in [4.78, 5) is 11.7. The SMILES string of the molecule is CC1=C[C@@]2(C)OCC(C(=O)O)=C(C)[C@@]2(CO[Si](C)(C)C(C)(C)C)CC1. The zero-order chi connectivity index (χ0) is 19.3. The van der Waals surface area contributed by atoms with Crippen LogP contribution in [0.5, 0.6) is 0 Å². The lowest BCUT2D eigenvalue weighted by Gasteiger charge is -2.54. The van der Waals surface area contributed by atoms with Crippen LogP contribution in [0.4, 0.5) is 0 Å². The van der Waals surface area contributed by atoms with Crippen molar-refractivity contribution in [1.29, 1.82) is 0 Å². The number of hydrogen-bond donors (Lipinski definition) is 1. The molecule has 1 aliphatic carbocycles.